The van der Waals surface area contributed by atoms with Gasteiger partial charge in [0.1, 0.15) is 0 Å². The van der Waals surface area contributed by atoms with E-state index in [4.69, 9.17) is 0 Å². The summed E-state index contributed by atoms with van der Waals surface area (Å²) in [5, 5.41) is 4.08. The average molecular weight is 136 g/mol. The quantitative estimate of drug-likeness (QED) is 0.510. The van der Waals surface area contributed by atoms with E-state index in [9.17, 15) is 0 Å². The van der Waals surface area contributed by atoms with Crippen molar-refractivity contribution in [1.29, 1.82) is 0 Å². The van der Waals surface area contributed by atoms with Gasteiger partial charge >= 0.3 is 0 Å². The molecule has 0 radical (unpaired) electrons. The first kappa shape index (κ1) is 10.1. The van der Waals surface area contributed by atoms with E-state index >= 15 is 0 Å². The molecule has 0 saturated heterocycles. The van der Waals surface area contributed by atoms with Crippen LogP contribution in [0.1, 0.15) is 0 Å². The van der Waals surface area contributed by atoms with Gasteiger partial charge in [0.2, 0.25) is 0 Å². The van der Waals surface area contributed by atoms with Gasteiger partial charge in [-0.3, -0.25) is 0 Å². The highest BCUT2D eigenvalue weighted by Gasteiger charge is 1.58. The molecule has 42 valence electrons. The number of rotatable bonds is 0. The molecule has 0 unspecified atom stereocenters. The highest BCUT2D eigenvalue weighted by molar-refractivity contribution is 7.59. The molecule has 0 amide bonds. The summed E-state index contributed by atoms with van der Waals surface area (Å²) < 4.78 is 0. The largest absolute Gasteiger partial charge is 0.412 e. The molecular formula is C4H8OS2. The minimum Gasteiger partial charge on any atom is -0.412 e. The fourth-order valence-electron chi connectivity index (χ4n) is 0.227. The zero-order valence-electron chi connectivity index (χ0n) is 3.72. The Kier molecular flexibility index (Phi) is 8.66. The molecule has 0 aromatic carbocycles. The van der Waals surface area contributed by atoms with Crippen molar-refractivity contribution in [3.8, 4) is 0 Å². The Morgan fingerprint density at radius 3 is 1.57 bits per heavy atom. The van der Waals surface area contributed by atoms with Crippen molar-refractivity contribution in [2.45, 2.75) is 0 Å². The summed E-state index contributed by atoms with van der Waals surface area (Å²) in [7, 11) is 0. The van der Waals surface area contributed by atoms with E-state index in [0.29, 0.717) is 0 Å². The molecule has 1 aromatic heterocycles. The van der Waals surface area contributed by atoms with Gasteiger partial charge in [-0.25, -0.2) is 0 Å². The van der Waals surface area contributed by atoms with Gasteiger partial charge < -0.3 is 5.48 Å². The lowest BCUT2D eigenvalue weighted by Crippen LogP contribution is -1.16. The summed E-state index contributed by atoms with van der Waals surface area (Å²) in [6.45, 7) is 0. The van der Waals surface area contributed by atoms with Gasteiger partial charge in [-0.1, -0.05) is 12.1 Å². The molecule has 0 atom stereocenters. The maximum Gasteiger partial charge on any atom is -0.00934 e. The van der Waals surface area contributed by atoms with E-state index in [1.165, 1.54) is 0 Å². The minimum atomic E-state index is 0. The van der Waals surface area contributed by atoms with Gasteiger partial charge in [0.25, 0.3) is 0 Å². The molecule has 1 aromatic rings. The molecule has 0 spiro atoms. The highest BCUT2D eigenvalue weighted by Crippen LogP contribution is 1.91. The lowest BCUT2D eigenvalue weighted by Gasteiger charge is -1.39. The monoisotopic (exact) mass is 136 g/mol. The Bertz CT molecular complexity index is 66.2. The van der Waals surface area contributed by atoms with E-state index in [1.54, 1.807) is 11.3 Å². The second-order valence-electron chi connectivity index (χ2n) is 0.793. The van der Waals surface area contributed by atoms with Crippen molar-refractivity contribution < 1.29 is 5.48 Å². The van der Waals surface area contributed by atoms with Gasteiger partial charge in [-0.2, -0.15) is 24.8 Å². The second-order valence-corrected chi connectivity index (χ2v) is 1.61. The van der Waals surface area contributed by atoms with Crippen LogP contribution in [-0.4, -0.2) is 5.48 Å². The van der Waals surface area contributed by atoms with Crippen molar-refractivity contribution in [1.82, 2.24) is 0 Å². The molecule has 3 heteroatoms. The predicted molar refractivity (Wildman–Crippen MR) is 38.3 cm³/mol. The molecule has 0 saturated carbocycles. The Morgan fingerprint density at radius 2 is 1.43 bits per heavy atom. The molecular weight excluding hydrogens is 128 g/mol. The van der Waals surface area contributed by atoms with Crippen molar-refractivity contribution in [2.24, 2.45) is 0 Å². The van der Waals surface area contributed by atoms with Crippen molar-refractivity contribution in [3.63, 3.8) is 0 Å². The van der Waals surface area contributed by atoms with E-state index in [0.717, 1.165) is 0 Å². The van der Waals surface area contributed by atoms with Crippen LogP contribution in [0, 0.1) is 0 Å². The minimum absolute atomic E-state index is 0. The van der Waals surface area contributed by atoms with Crippen LogP contribution in [0.15, 0.2) is 22.9 Å². The van der Waals surface area contributed by atoms with E-state index in [2.05, 4.69) is 0 Å². The maximum absolute atomic E-state index is 2.04. The standard InChI is InChI=1S/C4H4S.H2O.H2S/c1-2-4-5-3-1;;/h1-4H;2*1H2. The van der Waals surface area contributed by atoms with Crippen LogP contribution in [0.5, 0.6) is 0 Å². The Balaban J connectivity index is 0. The molecule has 2 N–H and O–H groups in total. The molecule has 0 fully saturated rings. The fourth-order valence-corrected chi connectivity index (χ4v) is 0.680. The summed E-state index contributed by atoms with van der Waals surface area (Å²) in [6.07, 6.45) is 0. The summed E-state index contributed by atoms with van der Waals surface area (Å²) in [6, 6.07) is 4.04. The normalized spacial score (nSPS) is 5.71. The first-order chi connectivity index (χ1) is 2.50. The number of hydrogen-bond acceptors (Lipinski definition) is 1. The first-order valence-electron chi connectivity index (χ1n) is 1.47. The van der Waals surface area contributed by atoms with Crippen molar-refractivity contribution >= 4 is 24.8 Å². The lowest BCUT2D eigenvalue weighted by molar-refractivity contribution is 0.824. The van der Waals surface area contributed by atoms with Crippen molar-refractivity contribution in [2.75, 3.05) is 0 Å². The van der Waals surface area contributed by atoms with E-state index < -0.39 is 0 Å². The third kappa shape index (κ3) is 3.85. The molecule has 0 aliphatic rings. The van der Waals surface area contributed by atoms with Crippen molar-refractivity contribution in [3.05, 3.63) is 22.9 Å². The summed E-state index contributed by atoms with van der Waals surface area (Å²) in [4.78, 5) is 0. The van der Waals surface area contributed by atoms with Gasteiger partial charge in [0.05, 0.1) is 0 Å². The first-order valence-corrected chi connectivity index (χ1v) is 2.41. The molecule has 1 heterocycles. The van der Waals surface area contributed by atoms with E-state index in [1.807, 2.05) is 22.9 Å². The van der Waals surface area contributed by atoms with Crippen LogP contribution in [0.4, 0.5) is 0 Å². The SMILES string of the molecule is O.S.c1ccsc1. The van der Waals surface area contributed by atoms with Crippen LogP contribution in [-0.2, 0) is 0 Å². The zero-order chi connectivity index (χ0) is 3.54. The Labute approximate surface area is 53.7 Å². The molecule has 0 bridgehead atoms. The summed E-state index contributed by atoms with van der Waals surface area (Å²) >= 11 is 1.71. The third-order valence-corrected chi connectivity index (χ3v) is 1.05. The molecule has 1 rings (SSSR count). The molecule has 7 heavy (non-hydrogen) atoms. The van der Waals surface area contributed by atoms with Crippen LogP contribution < -0.4 is 0 Å². The third-order valence-electron chi connectivity index (χ3n) is 0.425. The van der Waals surface area contributed by atoms with Crippen LogP contribution in [0.3, 0.4) is 0 Å². The summed E-state index contributed by atoms with van der Waals surface area (Å²) in [5.41, 5.74) is 0. The fraction of sp³-hybridized carbons (Fsp3) is 0. The second kappa shape index (κ2) is 6.01. The summed E-state index contributed by atoms with van der Waals surface area (Å²) in [5.74, 6) is 0. The number of hydrogen-bond donors (Lipinski definition) is 0. The smallest absolute Gasteiger partial charge is 0.00934 e. The van der Waals surface area contributed by atoms with Gasteiger partial charge in [0.15, 0.2) is 0 Å². The number of thiophene rings is 1. The highest BCUT2D eigenvalue weighted by atomic mass is 32.1. The van der Waals surface area contributed by atoms with Gasteiger partial charge in [-0.15, -0.1) is 0 Å². The van der Waals surface area contributed by atoms with E-state index in [-0.39, 0.29) is 19.0 Å². The van der Waals surface area contributed by atoms with Crippen LogP contribution in [0.2, 0.25) is 0 Å². The van der Waals surface area contributed by atoms with Gasteiger partial charge in [-0.05, 0) is 10.8 Å². The molecule has 0 aliphatic heterocycles. The topological polar surface area (TPSA) is 31.5 Å². The zero-order valence-corrected chi connectivity index (χ0v) is 5.53. The Morgan fingerprint density at radius 1 is 1.00 bits per heavy atom. The predicted octanol–water partition coefficient (Wildman–Crippen LogP) is 1.04. The molecule has 1 nitrogen and oxygen atoms in total. The Hall–Kier alpha value is 0.01000. The maximum atomic E-state index is 2.04. The average Bonchev–Trinajstić information content (AvgIpc) is 1.76. The molecule has 0 aliphatic carbocycles. The van der Waals surface area contributed by atoms with Crippen LogP contribution >= 0.6 is 24.8 Å². The van der Waals surface area contributed by atoms with Gasteiger partial charge in [0, 0.05) is 0 Å². The van der Waals surface area contributed by atoms with Crippen LogP contribution in [0.25, 0.3) is 0 Å². The lowest BCUT2D eigenvalue weighted by atomic mass is 10.7.